The summed E-state index contributed by atoms with van der Waals surface area (Å²) in [5.41, 5.74) is 7.90. The average molecular weight is 745 g/mol. The lowest BCUT2D eigenvalue weighted by molar-refractivity contribution is -0.150. The number of H-pyrrole nitrogens is 1. The summed E-state index contributed by atoms with van der Waals surface area (Å²) >= 11 is 1.32. The first-order valence-corrected chi connectivity index (χ1v) is 18.7. The van der Waals surface area contributed by atoms with E-state index in [2.05, 4.69) is 15.5 Å². The fourth-order valence-corrected chi connectivity index (χ4v) is 8.46. The number of oxime groups is 1. The predicted molar refractivity (Wildman–Crippen MR) is 206 cm³/mol. The highest BCUT2D eigenvalue weighted by atomic mass is 32.2. The summed E-state index contributed by atoms with van der Waals surface area (Å²) < 4.78 is 0. The third-order valence-electron chi connectivity index (χ3n) is 9.64. The Morgan fingerprint density at radius 3 is 2.13 bits per heavy atom. The minimum Gasteiger partial charge on any atom is -0.477 e. The van der Waals surface area contributed by atoms with Crippen LogP contribution in [0.4, 0.5) is 5.82 Å². The lowest BCUT2D eigenvalue weighted by Crippen LogP contribution is -2.71. The van der Waals surface area contributed by atoms with Crippen molar-refractivity contribution in [3.8, 4) is 0 Å². The zero-order valence-electron chi connectivity index (χ0n) is 29.8. The molecule has 3 aliphatic heterocycles. The van der Waals surface area contributed by atoms with Crippen LogP contribution in [0.5, 0.6) is 0 Å². The summed E-state index contributed by atoms with van der Waals surface area (Å²) in [7, 11) is 0. The minimum atomic E-state index is -1.29. The molecule has 3 aromatic carbocycles. The Balaban J connectivity index is 1.20. The first-order chi connectivity index (χ1) is 26.1. The number of fused-ring (bicyclic) bond motifs is 1. The number of amides is 3. The lowest BCUT2D eigenvalue weighted by atomic mass is 9.80. The van der Waals surface area contributed by atoms with Crippen LogP contribution >= 0.6 is 11.8 Å². The van der Waals surface area contributed by atoms with Gasteiger partial charge in [0.05, 0.1) is 0 Å². The number of carboxylic acid groups (broad SMARTS) is 1. The predicted octanol–water partition coefficient (Wildman–Crippen LogP) is 4.86. The number of allylic oxidation sites excluding steroid dienone is 1. The Morgan fingerprint density at radius 1 is 1.02 bits per heavy atom. The van der Waals surface area contributed by atoms with Gasteiger partial charge in [-0.2, -0.15) is 0 Å². The summed E-state index contributed by atoms with van der Waals surface area (Å²) in [6.45, 7) is 5.24. The van der Waals surface area contributed by atoms with Gasteiger partial charge in [0.2, 0.25) is 11.5 Å². The summed E-state index contributed by atoms with van der Waals surface area (Å²) in [5, 5.41) is 16.9. The second-order valence-electron chi connectivity index (χ2n) is 13.8. The fourth-order valence-electron chi connectivity index (χ4n) is 7.15. The van der Waals surface area contributed by atoms with Crippen molar-refractivity contribution in [1.82, 2.24) is 20.1 Å². The maximum absolute atomic E-state index is 14.2. The van der Waals surface area contributed by atoms with Crippen LogP contribution in [0.15, 0.2) is 131 Å². The number of anilines is 1. The van der Waals surface area contributed by atoms with Gasteiger partial charge in [-0.3, -0.25) is 19.3 Å². The van der Waals surface area contributed by atoms with E-state index in [9.17, 15) is 24.3 Å². The Labute approximate surface area is 316 Å². The van der Waals surface area contributed by atoms with E-state index in [4.69, 9.17) is 10.6 Å². The molecule has 0 aliphatic carbocycles. The zero-order valence-corrected chi connectivity index (χ0v) is 30.6. The van der Waals surface area contributed by atoms with Gasteiger partial charge in [-0.15, -0.1) is 11.8 Å². The van der Waals surface area contributed by atoms with Gasteiger partial charge in [-0.1, -0.05) is 110 Å². The molecule has 12 nitrogen and oxygen atoms in total. The van der Waals surface area contributed by atoms with Crippen LogP contribution in [0.2, 0.25) is 0 Å². The Kier molecular flexibility index (Phi) is 10.2. The van der Waals surface area contributed by atoms with E-state index < -0.39 is 34.8 Å². The number of nitrogens with zero attached hydrogens (tertiary/aromatic N) is 3. The number of thioether (sulfide) groups is 1. The molecule has 1 aromatic heterocycles. The van der Waals surface area contributed by atoms with Gasteiger partial charge in [-0.05, 0) is 30.1 Å². The Bertz CT molecular complexity index is 2070. The van der Waals surface area contributed by atoms with Crippen molar-refractivity contribution in [3.05, 3.63) is 148 Å². The van der Waals surface area contributed by atoms with Gasteiger partial charge in [-0.25, -0.2) is 4.79 Å². The fraction of sp³-hybridized carbons (Fsp3) is 0.244. The van der Waals surface area contributed by atoms with Crippen LogP contribution in [0.25, 0.3) is 0 Å². The monoisotopic (exact) mass is 744 g/mol. The number of carbonyl (C=O) groups is 4. The SMILES string of the molecule is CC(C)CN1CC/C(=C\C2=C(C(=O)O)N3C(=O)[C@@H](NC(=O)/C(=N\OC(c4ccccc4)(c4ccccc4)c4ccccc4)c4c[nH]c(N)c4)[C@H]3SC2)C1=O. The number of benzene rings is 3. The number of carboxylic acids is 1. The molecule has 276 valence electrons. The van der Waals surface area contributed by atoms with Gasteiger partial charge in [0, 0.05) is 52.9 Å². The maximum Gasteiger partial charge on any atom is 0.352 e. The van der Waals surface area contributed by atoms with E-state index >= 15 is 0 Å². The molecule has 7 rings (SSSR count). The number of nitrogens with one attached hydrogen (secondary N) is 2. The molecule has 0 spiro atoms. The highest BCUT2D eigenvalue weighted by Gasteiger charge is 2.54. The van der Waals surface area contributed by atoms with Crippen molar-refractivity contribution < 1.29 is 29.1 Å². The first-order valence-electron chi connectivity index (χ1n) is 17.7. The molecule has 0 bridgehead atoms. The van der Waals surface area contributed by atoms with E-state index in [1.54, 1.807) is 17.0 Å². The standard InChI is InChI=1S/C41H40N6O6S/c1-25(2)23-46-19-18-26(37(46)49)20-28-24-54-39-34(38(50)47(39)35(28)40(51)52)44-36(48)33(27-21-32(42)43-22-27)45-53-41(29-12-6-3-7-13-29,30-14-8-4-9-15-30)31-16-10-5-11-17-31/h3-17,20-22,25,34,39,43H,18-19,23-24,42H2,1-2H3,(H,44,48)(H,51,52)/b26-20+,45-33-/t34-,39-/m1/s1. The van der Waals surface area contributed by atoms with Crippen molar-refractivity contribution in [1.29, 1.82) is 0 Å². The number of aromatic nitrogens is 1. The van der Waals surface area contributed by atoms with Crippen molar-refractivity contribution in [2.45, 2.75) is 37.3 Å². The van der Waals surface area contributed by atoms with Crippen LogP contribution in [0.3, 0.4) is 0 Å². The first kappa shape index (κ1) is 36.3. The van der Waals surface area contributed by atoms with E-state index in [0.717, 1.165) is 16.7 Å². The maximum atomic E-state index is 14.2. The third-order valence-corrected chi connectivity index (χ3v) is 10.9. The molecular formula is C41H40N6O6S. The van der Waals surface area contributed by atoms with Gasteiger partial charge in [0.1, 0.15) is 22.9 Å². The van der Waals surface area contributed by atoms with Crippen LogP contribution in [0, 0.1) is 5.92 Å². The third kappa shape index (κ3) is 6.78. The lowest BCUT2D eigenvalue weighted by Gasteiger charge is -2.49. The molecule has 54 heavy (non-hydrogen) atoms. The number of carbonyl (C=O) groups excluding carboxylic acids is 3. The summed E-state index contributed by atoms with van der Waals surface area (Å²) in [6.07, 6.45) is 3.64. The van der Waals surface area contributed by atoms with E-state index in [-0.39, 0.29) is 28.9 Å². The molecular weight excluding hydrogens is 705 g/mol. The van der Waals surface area contributed by atoms with Crippen LogP contribution in [-0.2, 0) is 29.6 Å². The molecule has 2 atom stereocenters. The highest BCUT2D eigenvalue weighted by molar-refractivity contribution is 8.00. The van der Waals surface area contributed by atoms with Gasteiger partial charge in [0.15, 0.2) is 5.71 Å². The number of aromatic amines is 1. The zero-order chi connectivity index (χ0) is 38.0. The van der Waals surface area contributed by atoms with Crippen molar-refractivity contribution in [2.24, 2.45) is 11.1 Å². The topological polar surface area (TPSA) is 170 Å². The molecule has 4 heterocycles. The smallest absolute Gasteiger partial charge is 0.352 e. The van der Waals surface area contributed by atoms with Crippen LogP contribution in [0.1, 0.15) is 42.5 Å². The molecule has 3 amide bonds. The van der Waals surface area contributed by atoms with Crippen molar-refractivity contribution >= 4 is 47.0 Å². The number of rotatable bonds is 12. The number of nitrogen functional groups attached to an aromatic ring is 1. The average Bonchev–Trinajstić information content (AvgIpc) is 3.76. The minimum absolute atomic E-state index is 0.122. The van der Waals surface area contributed by atoms with Gasteiger partial charge >= 0.3 is 5.97 Å². The van der Waals surface area contributed by atoms with E-state index in [1.807, 2.05) is 105 Å². The van der Waals surface area contributed by atoms with E-state index in [1.165, 1.54) is 22.9 Å². The molecule has 3 aliphatic rings. The normalized spacial score (nSPS) is 19.6. The van der Waals surface area contributed by atoms with Crippen molar-refractivity contribution in [3.63, 3.8) is 0 Å². The van der Waals surface area contributed by atoms with Crippen LogP contribution in [-0.4, -0.2) is 79.6 Å². The number of hydrogen-bond donors (Lipinski definition) is 4. The molecule has 2 fully saturated rings. The molecule has 0 radical (unpaired) electrons. The largest absolute Gasteiger partial charge is 0.477 e. The molecule has 2 saturated heterocycles. The molecule has 13 heteroatoms. The molecule has 0 unspecified atom stereocenters. The van der Waals surface area contributed by atoms with E-state index in [0.29, 0.717) is 42.1 Å². The summed E-state index contributed by atoms with van der Waals surface area (Å²) in [5.74, 6) is -1.90. The van der Waals surface area contributed by atoms with Crippen LogP contribution < -0.4 is 11.1 Å². The summed E-state index contributed by atoms with van der Waals surface area (Å²) in [6, 6.07) is 29.1. The number of hydrogen-bond acceptors (Lipinski definition) is 8. The van der Waals surface area contributed by atoms with Gasteiger partial charge in [0.25, 0.3) is 11.8 Å². The molecule has 0 saturated carbocycles. The van der Waals surface area contributed by atoms with Crippen molar-refractivity contribution in [2.75, 3.05) is 24.6 Å². The Morgan fingerprint density at radius 2 is 1.61 bits per heavy atom. The quantitative estimate of drug-likeness (QED) is 0.0524. The van der Waals surface area contributed by atoms with Gasteiger partial charge < -0.3 is 30.9 Å². The molecule has 4 aromatic rings. The Hall–Kier alpha value is -6.08. The summed E-state index contributed by atoms with van der Waals surface area (Å²) in [4.78, 5) is 66.0. The highest BCUT2D eigenvalue weighted by Crippen LogP contribution is 2.43. The molecule has 5 N–H and O–H groups in total. The second kappa shape index (κ2) is 15.1. The number of aliphatic carboxylic acids is 1. The second-order valence-corrected chi connectivity index (χ2v) is 14.9. The number of likely N-dealkylation sites (tertiary alicyclic amines) is 1. The number of nitrogens with two attached hydrogens (primary N) is 1. The number of β-lactam (4-membered cyclic amide) rings is 1.